The summed E-state index contributed by atoms with van der Waals surface area (Å²) in [4.78, 5) is 93.5. The molecule has 10 heterocycles. The molecule has 0 saturated carbocycles. The van der Waals surface area contributed by atoms with Crippen LogP contribution in [0.2, 0.25) is 5.02 Å². The van der Waals surface area contributed by atoms with Gasteiger partial charge < -0.3 is 46.5 Å². The van der Waals surface area contributed by atoms with Crippen molar-refractivity contribution in [1.82, 2.24) is 22.8 Å². The quantitative estimate of drug-likeness (QED) is 0.0687. The number of aromatic nitrogens is 5. The number of non-ortho nitro benzene ring substituents is 1. The number of nitrogens with zero attached hydrogens (tertiary/aromatic N) is 8. The number of Topliss-reactive ketones (excluding diaryl/α,β-unsaturated/α-hetero) is 1. The molecule has 614 valence electrons. The number of benzene rings is 10. The second kappa shape index (κ2) is 29.6. The molecule has 0 amide bonds. The van der Waals surface area contributed by atoms with Crippen LogP contribution in [0.25, 0.3) is 83.0 Å². The Bertz CT molecular complexity index is 7550. The van der Waals surface area contributed by atoms with Gasteiger partial charge >= 0.3 is 6.18 Å². The van der Waals surface area contributed by atoms with Crippen molar-refractivity contribution in [1.29, 1.82) is 5.26 Å². The summed E-state index contributed by atoms with van der Waals surface area (Å²) >= 11 is 5.94. The fourth-order valence-corrected chi connectivity index (χ4v) is 14.6. The predicted molar refractivity (Wildman–Crippen MR) is 416 cm³/mol. The number of alkyl halides is 3. The van der Waals surface area contributed by atoms with Crippen LogP contribution in [0, 0.1) is 124 Å². The largest absolute Gasteiger partial charge is 0.450 e. The van der Waals surface area contributed by atoms with Crippen LogP contribution in [0.15, 0.2) is 170 Å². The Morgan fingerprint density at radius 3 is 1.02 bits per heavy atom. The van der Waals surface area contributed by atoms with E-state index in [2.05, 4.69) is 0 Å². The van der Waals surface area contributed by atoms with Crippen LogP contribution in [-0.4, -0.2) is 38.5 Å². The minimum atomic E-state index is -4.62. The maximum absolute atomic E-state index is 14.2. The number of fused-ring (bicyclic) bond motifs is 10. The van der Waals surface area contributed by atoms with Gasteiger partial charge in [0, 0.05) is 76.5 Å². The van der Waals surface area contributed by atoms with Crippen molar-refractivity contribution in [2.45, 2.75) is 55.1 Å². The molecule has 122 heavy (non-hydrogen) atoms. The van der Waals surface area contributed by atoms with Gasteiger partial charge in [-0.05, 0) is 133 Å². The first-order chi connectivity index (χ1) is 57.2. The number of nitro groups is 2. The number of pyridine rings is 5. The number of hydrogen-bond acceptors (Lipinski definition) is 16. The summed E-state index contributed by atoms with van der Waals surface area (Å²) in [5.74, 6) is -14.7. The topological polar surface area (TPSA) is 283 Å². The maximum atomic E-state index is 14.2. The molecule has 0 spiro atoms. The van der Waals surface area contributed by atoms with E-state index in [0.29, 0.717) is 50.9 Å². The Morgan fingerprint density at radius 1 is 0.402 bits per heavy atom. The highest BCUT2D eigenvalue weighted by Crippen LogP contribution is 2.50. The Balaban J connectivity index is 0.000000118. The molecule has 20 rings (SSSR count). The van der Waals surface area contributed by atoms with Crippen LogP contribution in [0.4, 0.5) is 68.5 Å². The van der Waals surface area contributed by atoms with Crippen LogP contribution in [0.5, 0.6) is 57.5 Å². The fraction of sp³-hybridized carbons (Fsp3) is 0.0941. The lowest BCUT2D eigenvalue weighted by Gasteiger charge is -2.24. The van der Waals surface area contributed by atoms with Crippen molar-refractivity contribution in [2.24, 2.45) is 0 Å². The molecule has 5 aromatic heterocycles. The van der Waals surface area contributed by atoms with E-state index in [0.717, 1.165) is 54.6 Å². The molecule has 0 radical (unpaired) electrons. The molecule has 5 aliphatic heterocycles. The molecule has 10 aromatic carbocycles. The highest BCUT2D eigenvalue weighted by Gasteiger charge is 2.37. The molecular formula is C85H46ClF13N8O15. The van der Waals surface area contributed by atoms with E-state index in [9.17, 15) is 106 Å². The highest BCUT2D eigenvalue weighted by molar-refractivity contribution is 6.33. The normalized spacial score (nSPS) is 12.0. The van der Waals surface area contributed by atoms with E-state index in [1.165, 1.54) is 83.4 Å². The number of rotatable bonds is 3. The van der Waals surface area contributed by atoms with Gasteiger partial charge in [-0.15, -0.1) is 0 Å². The number of aryl methyl sites for hydroxylation is 5. The van der Waals surface area contributed by atoms with E-state index >= 15 is 0 Å². The smallest absolute Gasteiger partial charge is 0.416 e. The molecule has 5 aliphatic rings. The maximum Gasteiger partial charge on any atom is 0.416 e. The number of nitro benzene ring substituents is 2. The van der Waals surface area contributed by atoms with Gasteiger partial charge in [0.25, 0.3) is 11.4 Å². The zero-order valence-electron chi connectivity index (χ0n) is 61.8. The molecule has 0 bridgehead atoms. The zero-order valence-corrected chi connectivity index (χ0v) is 62.6. The van der Waals surface area contributed by atoms with Crippen LogP contribution < -0.4 is 50.8 Å². The SMILES string of the molecule is C.CC(=O)c1ccc2c(c1)Oc1c(F)c(F)cc3c(=O)c(C)cn-2c13.Cc1cn2c3c(c(F)c(F)cc3c1=O)Oc1cc(C#N)ccc1-2.Cc1cn2c3c(c(F)c(F)cc3c1=O)Oc1cc(C(F)(F)F)ccc1-2.Cc1cn2c3c(c(F)c(F)cc3c1=O)Oc1cc([N+](=O)[O-])c(Cl)cc1-2.Cc1cn2c3c(c(F)c(F)cc3c1=O)Oc1cc([N+](=O)[O-])ccc1-2. The summed E-state index contributed by atoms with van der Waals surface area (Å²) in [6, 6.07) is 24.4. The van der Waals surface area contributed by atoms with Crippen molar-refractivity contribution >= 4 is 83.3 Å². The zero-order chi connectivity index (χ0) is 86.8. The third kappa shape index (κ3) is 13.1. The van der Waals surface area contributed by atoms with Gasteiger partial charge in [0.1, 0.15) is 32.6 Å². The molecule has 0 atom stereocenters. The van der Waals surface area contributed by atoms with Gasteiger partial charge in [-0.25, -0.2) is 22.0 Å². The van der Waals surface area contributed by atoms with E-state index in [-0.39, 0.29) is 152 Å². The molecule has 0 N–H and O–H groups in total. The van der Waals surface area contributed by atoms with Crippen molar-refractivity contribution in [3.63, 3.8) is 0 Å². The van der Waals surface area contributed by atoms with Gasteiger partial charge in [-0.3, -0.25) is 49.0 Å². The number of halogens is 14. The lowest BCUT2D eigenvalue weighted by atomic mass is 10.1. The molecule has 0 saturated heterocycles. The molecule has 37 heteroatoms. The number of ether oxygens (including phenoxy) is 5. The molecule has 0 unspecified atom stereocenters. The summed E-state index contributed by atoms with van der Waals surface area (Å²) in [7, 11) is 0. The fourth-order valence-electron chi connectivity index (χ4n) is 14.3. The van der Waals surface area contributed by atoms with Gasteiger partial charge in [-0.1, -0.05) is 19.0 Å². The van der Waals surface area contributed by atoms with Crippen molar-refractivity contribution in [3.05, 3.63) is 325 Å². The number of nitriles is 1. The van der Waals surface area contributed by atoms with Crippen LogP contribution in [-0.2, 0) is 6.18 Å². The monoisotopic (exact) mass is 1700 g/mol. The Hall–Kier alpha value is -15.4. The summed E-state index contributed by atoms with van der Waals surface area (Å²) in [6.07, 6.45) is 2.75. The van der Waals surface area contributed by atoms with Gasteiger partial charge in [0.05, 0.1) is 94.5 Å². The number of hydrogen-bond donors (Lipinski definition) is 0. The lowest BCUT2D eigenvalue weighted by Crippen LogP contribution is -2.17. The summed E-state index contributed by atoms with van der Waals surface area (Å²) in [5.41, 5.74) is 0.932. The minimum absolute atomic E-state index is 0. The first kappa shape index (κ1) is 81.7. The highest BCUT2D eigenvalue weighted by atomic mass is 35.5. The van der Waals surface area contributed by atoms with Gasteiger partial charge in [-0.2, -0.15) is 40.4 Å². The molecule has 0 aliphatic carbocycles. The van der Waals surface area contributed by atoms with Crippen LogP contribution >= 0.6 is 11.6 Å². The second-order valence-corrected chi connectivity index (χ2v) is 28.1. The average molecular weight is 1700 g/mol. The summed E-state index contributed by atoms with van der Waals surface area (Å²) in [5, 5.41) is 30.7. The molecule has 15 aromatic rings. The number of carbonyl (C=O) groups is 1. The van der Waals surface area contributed by atoms with Crippen LogP contribution in [0.1, 0.15) is 63.7 Å². The third-order valence-corrected chi connectivity index (χ3v) is 20.4. The third-order valence-electron chi connectivity index (χ3n) is 20.1. The number of carbonyl (C=O) groups excluding carboxylic acids is 1. The Labute approximate surface area is 676 Å². The summed E-state index contributed by atoms with van der Waals surface area (Å²) < 4.78 is 213. The lowest BCUT2D eigenvalue weighted by molar-refractivity contribution is -0.385. The first-order valence-electron chi connectivity index (χ1n) is 35.0. The van der Waals surface area contributed by atoms with Crippen molar-refractivity contribution in [3.8, 4) is 92.0 Å². The van der Waals surface area contributed by atoms with Crippen molar-refractivity contribution < 1.29 is 95.4 Å². The number of ketones is 1. The average Bonchev–Trinajstić information content (AvgIpc) is 0.751. The van der Waals surface area contributed by atoms with Gasteiger partial charge in [0.2, 0.25) is 29.1 Å². The van der Waals surface area contributed by atoms with Gasteiger partial charge in [0.15, 0.2) is 120 Å². The molecule has 0 fully saturated rings. The Morgan fingerprint density at radius 2 is 0.697 bits per heavy atom. The van der Waals surface area contributed by atoms with E-state index in [1.807, 2.05) is 6.07 Å². The van der Waals surface area contributed by atoms with E-state index in [4.69, 9.17) is 40.5 Å². The predicted octanol–water partition coefficient (Wildman–Crippen LogP) is 20.6. The van der Waals surface area contributed by atoms with E-state index in [1.54, 1.807) is 66.6 Å². The molecule has 23 nitrogen and oxygen atoms in total. The first-order valence-corrected chi connectivity index (χ1v) is 35.4. The Kier molecular flexibility index (Phi) is 19.8. The minimum Gasteiger partial charge on any atom is -0.450 e. The second-order valence-electron chi connectivity index (χ2n) is 27.7. The summed E-state index contributed by atoms with van der Waals surface area (Å²) in [6.45, 7) is 9.16. The molecular weight excluding hydrogens is 1660 g/mol. The standard InChI is InChI=1S/C18H11F2NO3.C17H8F5NO2.C17H8F2N2O2.C16H7ClF2N2O4.C16H8F2N2O4.CH4/c1-8-7-21-13-4-3-10(9(2)22)5-14(13)24-18-15(20)12(19)6-11(16(18)21)17(8)23;1-7-6-23-11-3-2-8(17(20,21)22)4-12(11)25-16-13(19)10(18)5-9(14(16)23)15(7)24;1-8-7-21-12-3-2-9(6-20)4-13(12)23-17-14(19)11(18)5-10(15(17)21)16(8)22;1-6-5-20-11-3-8(17)10(21(23)24)4-12(11)25-16-13(19)9(18)2-7(14(16)20)15(6)22;1-7-6-19-11-3-2-8(20(22)23)4-12(11)24-16-13(18)10(17)5-9(14(16)19)15(7)21;/h3-7H,1-2H3;2-6H,1H3;2-5,7H,1H3;2-5H,1H3;2-6H,1H3;1H4. The van der Waals surface area contributed by atoms with E-state index < -0.39 is 119 Å². The van der Waals surface area contributed by atoms with Crippen molar-refractivity contribution in [2.75, 3.05) is 0 Å². The van der Waals surface area contributed by atoms with Crippen LogP contribution in [0.3, 0.4) is 0 Å².